The third-order valence-electron chi connectivity index (χ3n) is 5.56. The van der Waals surface area contributed by atoms with Gasteiger partial charge in [0.15, 0.2) is 11.5 Å². The van der Waals surface area contributed by atoms with Crippen LogP contribution in [0.1, 0.15) is 43.0 Å². The van der Waals surface area contributed by atoms with Gasteiger partial charge >= 0.3 is 0 Å². The molecule has 150 valence electrons. The van der Waals surface area contributed by atoms with E-state index < -0.39 is 0 Å². The molecule has 0 radical (unpaired) electrons. The first-order chi connectivity index (χ1) is 13.6. The van der Waals surface area contributed by atoms with Gasteiger partial charge in [0.1, 0.15) is 5.82 Å². The van der Waals surface area contributed by atoms with Crippen molar-refractivity contribution in [1.82, 2.24) is 14.9 Å². The number of likely N-dealkylation sites (tertiary alicyclic amines) is 1. The summed E-state index contributed by atoms with van der Waals surface area (Å²) in [5.74, 6) is 1.70. The Hall–Kier alpha value is -2.05. The van der Waals surface area contributed by atoms with Gasteiger partial charge in [-0.05, 0) is 68.3 Å². The smallest absolute Gasteiger partial charge is 0.224 e. The molecule has 6 nitrogen and oxygen atoms in total. The number of aromatic nitrogens is 2. The van der Waals surface area contributed by atoms with E-state index in [1.807, 2.05) is 19.1 Å². The van der Waals surface area contributed by atoms with Crippen LogP contribution in [0.2, 0.25) is 5.28 Å². The van der Waals surface area contributed by atoms with E-state index >= 15 is 0 Å². The van der Waals surface area contributed by atoms with Crippen molar-refractivity contribution in [2.24, 2.45) is 0 Å². The molecule has 28 heavy (non-hydrogen) atoms. The van der Waals surface area contributed by atoms with Crippen LogP contribution in [0.4, 0.5) is 5.82 Å². The number of rotatable bonds is 6. The lowest BCUT2D eigenvalue weighted by Crippen LogP contribution is -2.39. The van der Waals surface area contributed by atoms with Gasteiger partial charge in [-0.15, -0.1) is 0 Å². The second-order valence-corrected chi connectivity index (χ2v) is 7.89. The number of halogens is 1. The second kappa shape index (κ2) is 8.53. The minimum Gasteiger partial charge on any atom is -0.504 e. The molecule has 1 saturated heterocycles. The van der Waals surface area contributed by atoms with E-state index in [2.05, 4.69) is 20.2 Å². The Morgan fingerprint density at radius 2 is 2.07 bits per heavy atom. The Balaban J connectivity index is 1.34. The molecular weight excluding hydrogens is 376 g/mol. The third kappa shape index (κ3) is 4.33. The molecule has 1 aromatic heterocycles. The van der Waals surface area contributed by atoms with Crippen molar-refractivity contribution in [1.29, 1.82) is 0 Å². The predicted molar refractivity (Wildman–Crippen MR) is 110 cm³/mol. The minimum absolute atomic E-state index is 0.199. The van der Waals surface area contributed by atoms with Gasteiger partial charge in [0, 0.05) is 31.2 Å². The van der Waals surface area contributed by atoms with Gasteiger partial charge in [-0.2, -0.15) is 0 Å². The van der Waals surface area contributed by atoms with E-state index in [9.17, 15) is 5.11 Å². The van der Waals surface area contributed by atoms with Crippen LogP contribution in [0, 0.1) is 0 Å². The number of fused-ring (bicyclic) bond motifs is 1. The van der Waals surface area contributed by atoms with Crippen LogP contribution in [-0.4, -0.2) is 45.7 Å². The maximum atomic E-state index is 9.87. The quantitative estimate of drug-likeness (QED) is 0.716. The fourth-order valence-corrected chi connectivity index (χ4v) is 4.32. The fraction of sp³-hybridized carbons (Fsp3) is 0.524. The summed E-state index contributed by atoms with van der Waals surface area (Å²) in [5, 5.41) is 13.8. The predicted octanol–water partition coefficient (Wildman–Crippen LogP) is 3.80. The summed E-state index contributed by atoms with van der Waals surface area (Å²) < 4.78 is 5.49. The van der Waals surface area contributed by atoms with Gasteiger partial charge in [0.2, 0.25) is 5.28 Å². The standard InChI is InChI=1S/C21H27ClN4O2/c1-2-28-19-12-14(6-7-18(19)27)13-26-10-8-15(9-11-26)23-20-16-4-3-5-17(16)24-21(22)25-20/h6-7,12,15,27H,2-5,8-11,13H2,1H3,(H,23,24,25). The topological polar surface area (TPSA) is 70.5 Å². The Bertz CT molecular complexity index is 837. The number of anilines is 1. The monoisotopic (exact) mass is 402 g/mol. The van der Waals surface area contributed by atoms with E-state index in [-0.39, 0.29) is 5.75 Å². The lowest BCUT2D eigenvalue weighted by atomic mass is 10.0. The van der Waals surface area contributed by atoms with Crippen molar-refractivity contribution in [3.8, 4) is 11.5 Å². The molecule has 0 amide bonds. The lowest BCUT2D eigenvalue weighted by molar-refractivity contribution is 0.210. The van der Waals surface area contributed by atoms with E-state index in [4.69, 9.17) is 16.3 Å². The van der Waals surface area contributed by atoms with Crippen molar-refractivity contribution >= 4 is 17.4 Å². The molecular formula is C21H27ClN4O2. The number of aryl methyl sites for hydroxylation is 1. The second-order valence-electron chi connectivity index (χ2n) is 7.55. The van der Waals surface area contributed by atoms with Crippen LogP contribution >= 0.6 is 11.6 Å². The van der Waals surface area contributed by atoms with Crippen LogP contribution in [-0.2, 0) is 19.4 Å². The molecule has 1 aromatic carbocycles. The highest BCUT2D eigenvalue weighted by Crippen LogP contribution is 2.30. The molecule has 1 fully saturated rings. The molecule has 2 heterocycles. The number of hydrogen-bond donors (Lipinski definition) is 2. The number of benzene rings is 1. The summed E-state index contributed by atoms with van der Waals surface area (Å²) >= 11 is 6.11. The zero-order chi connectivity index (χ0) is 19.5. The number of ether oxygens (including phenoxy) is 1. The molecule has 2 N–H and O–H groups in total. The molecule has 0 unspecified atom stereocenters. The summed E-state index contributed by atoms with van der Waals surface area (Å²) in [6.07, 6.45) is 5.30. The van der Waals surface area contributed by atoms with Crippen LogP contribution in [0.5, 0.6) is 11.5 Å². The lowest BCUT2D eigenvalue weighted by Gasteiger charge is -2.33. The Morgan fingerprint density at radius 3 is 2.86 bits per heavy atom. The Morgan fingerprint density at radius 1 is 1.25 bits per heavy atom. The van der Waals surface area contributed by atoms with Crippen LogP contribution in [0.15, 0.2) is 18.2 Å². The van der Waals surface area contributed by atoms with Crippen LogP contribution in [0.3, 0.4) is 0 Å². The number of aromatic hydroxyl groups is 1. The van der Waals surface area contributed by atoms with Crippen molar-refractivity contribution in [2.75, 3.05) is 25.0 Å². The number of piperidine rings is 1. The first-order valence-electron chi connectivity index (χ1n) is 10.1. The fourth-order valence-electron chi connectivity index (χ4n) is 4.14. The Labute approximate surface area is 170 Å². The number of nitrogens with one attached hydrogen (secondary N) is 1. The van der Waals surface area contributed by atoms with E-state index in [1.54, 1.807) is 6.07 Å². The normalized spacial score (nSPS) is 17.5. The summed E-state index contributed by atoms with van der Waals surface area (Å²) in [6.45, 7) is 5.36. The molecule has 0 spiro atoms. The average Bonchev–Trinajstić information content (AvgIpc) is 3.15. The minimum atomic E-state index is 0.199. The van der Waals surface area contributed by atoms with E-state index in [1.165, 1.54) is 5.56 Å². The molecule has 2 aromatic rings. The summed E-state index contributed by atoms with van der Waals surface area (Å²) in [5.41, 5.74) is 3.52. The first kappa shape index (κ1) is 19.3. The molecule has 7 heteroatoms. The number of nitrogens with zero attached hydrogens (tertiary/aromatic N) is 3. The van der Waals surface area contributed by atoms with Crippen LogP contribution in [0.25, 0.3) is 0 Å². The van der Waals surface area contributed by atoms with Gasteiger partial charge in [0.25, 0.3) is 0 Å². The van der Waals surface area contributed by atoms with Crippen molar-refractivity contribution in [3.05, 3.63) is 40.3 Å². The highest BCUT2D eigenvalue weighted by Gasteiger charge is 2.24. The van der Waals surface area contributed by atoms with E-state index in [0.29, 0.717) is 23.7 Å². The zero-order valence-electron chi connectivity index (χ0n) is 16.2. The molecule has 4 rings (SSSR count). The molecule has 0 bridgehead atoms. The molecule has 1 aliphatic heterocycles. The maximum absolute atomic E-state index is 9.87. The summed E-state index contributed by atoms with van der Waals surface area (Å²) in [4.78, 5) is 11.3. The van der Waals surface area contributed by atoms with E-state index in [0.717, 1.165) is 68.8 Å². The van der Waals surface area contributed by atoms with Gasteiger partial charge in [-0.3, -0.25) is 4.90 Å². The summed E-state index contributed by atoms with van der Waals surface area (Å²) in [7, 11) is 0. The number of phenols is 1. The molecule has 0 atom stereocenters. The van der Waals surface area contributed by atoms with Crippen LogP contribution < -0.4 is 10.1 Å². The highest BCUT2D eigenvalue weighted by atomic mass is 35.5. The first-order valence-corrected chi connectivity index (χ1v) is 10.5. The maximum Gasteiger partial charge on any atom is 0.224 e. The molecule has 2 aliphatic rings. The third-order valence-corrected chi connectivity index (χ3v) is 5.73. The zero-order valence-corrected chi connectivity index (χ0v) is 17.0. The van der Waals surface area contributed by atoms with Crippen molar-refractivity contribution in [2.45, 2.75) is 51.6 Å². The molecule has 0 saturated carbocycles. The van der Waals surface area contributed by atoms with Crippen molar-refractivity contribution < 1.29 is 9.84 Å². The van der Waals surface area contributed by atoms with Gasteiger partial charge in [0.05, 0.1) is 12.3 Å². The largest absolute Gasteiger partial charge is 0.504 e. The van der Waals surface area contributed by atoms with Gasteiger partial charge < -0.3 is 15.2 Å². The highest BCUT2D eigenvalue weighted by molar-refractivity contribution is 6.28. The van der Waals surface area contributed by atoms with Gasteiger partial charge in [-0.1, -0.05) is 6.07 Å². The average molecular weight is 403 g/mol. The molecule has 1 aliphatic carbocycles. The Kier molecular flexibility index (Phi) is 5.87. The summed E-state index contributed by atoms with van der Waals surface area (Å²) in [6, 6.07) is 6.03. The number of hydrogen-bond acceptors (Lipinski definition) is 6. The van der Waals surface area contributed by atoms with Gasteiger partial charge in [-0.25, -0.2) is 9.97 Å². The van der Waals surface area contributed by atoms with Crippen molar-refractivity contribution in [3.63, 3.8) is 0 Å². The number of phenolic OH excluding ortho intramolecular Hbond substituents is 1. The SMILES string of the molecule is CCOc1cc(CN2CCC(Nc3nc(Cl)nc4c3CCC4)CC2)ccc1O.